The molecule has 0 unspecified atom stereocenters. The summed E-state index contributed by atoms with van der Waals surface area (Å²) in [4.78, 5) is 0. The van der Waals surface area contributed by atoms with Crippen molar-refractivity contribution in [2.45, 2.75) is 19.6 Å². The molecule has 0 spiro atoms. The van der Waals surface area contributed by atoms with Gasteiger partial charge in [-0.2, -0.15) is 5.10 Å². The molecule has 3 aromatic rings. The molecule has 0 saturated carbocycles. The zero-order valence-corrected chi connectivity index (χ0v) is 18.0. The van der Waals surface area contributed by atoms with Gasteiger partial charge in [-0.05, 0) is 43.7 Å². The number of ether oxygens (including phenoxy) is 2. The van der Waals surface area contributed by atoms with Crippen LogP contribution in [-0.2, 0) is 5.75 Å². The lowest BCUT2D eigenvalue weighted by Crippen LogP contribution is -2.06. The number of aromatic nitrogens is 1. The summed E-state index contributed by atoms with van der Waals surface area (Å²) in [6.07, 6.45) is 5.58. The van der Waals surface area contributed by atoms with Crippen molar-refractivity contribution < 1.29 is 9.47 Å². The topological polar surface area (TPSA) is 74.1 Å². The van der Waals surface area contributed by atoms with E-state index in [9.17, 15) is 0 Å². The van der Waals surface area contributed by atoms with Gasteiger partial charge in [0.15, 0.2) is 5.17 Å². The summed E-state index contributed by atoms with van der Waals surface area (Å²) in [5.74, 6) is 2.19. The molecular formula is C23H26N4O2S. The lowest BCUT2D eigenvalue weighted by molar-refractivity contribution is 0.321. The largest absolute Gasteiger partial charge is 0.492 e. The molecular weight excluding hydrogens is 396 g/mol. The molecule has 0 radical (unpaired) electrons. The van der Waals surface area contributed by atoms with Gasteiger partial charge >= 0.3 is 0 Å². The second-order valence-electron chi connectivity index (χ2n) is 6.28. The summed E-state index contributed by atoms with van der Waals surface area (Å²) in [7, 11) is 0. The van der Waals surface area contributed by atoms with Crippen molar-refractivity contribution >= 4 is 23.1 Å². The van der Waals surface area contributed by atoms with E-state index in [4.69, 9.17) is 15.2 Å². The number of rotatable bonds is 9. The van der Waals surface area contributed by atoms with Gasteiger partial charge in [-0.25, -0.2) is 0 Å². The molecule has 7 heteroatoms. The van der Waals surface area contributed by atoms with E-state index < -0.39 is 0 Å². The average Bonchev–Trinajstić information content (AvgIpc) is 3.28. The van der Waals surface area contributed by atoms with E-state index >= 15 is 0 Å². The molecule has 0 amide bonds. The van der Waals surface area contributed by atoms with Crippen LogP contribution >= 0.6 is 11.8 Å². The molecule has 30 heavy (non-hydrogen) atoms. The summed E-state index contributed by atoms with van der Waals surface area (Å²) in [5, 5.41) is 8.66. The fourth-order valence-corrected chi connectivity index (χ4v) is 3.47. The quantitative estimate of drug-likeness (QED) is 0.304. The van der Waals surface area contributed by atoms with Gasteiger partial charge in [0, 0.05) is 23.7 Å². The molecule has 1 heterocycles. The van der Waals surface area contributed by atoms with Crippen molar-refractivity contribution in [3.05, 3.63) is 78.1 Å². The summed E-state index contributed by atoms with van der Waals surface area (Å²) < 4.78 is 13.7. The molecule has 2 N–H and O–H groups in total. The Hall–Kier alpha value is -3.19. The van der Waals surface area contributed by atoms with Crippen molar-refractivity contribution in [1.82, 2.24) is 4.57 Å². The number of thioether (sulfide) groups is 1. The maximum Gasteiger partial charge on any atom is 0.180 e. The Balaban J connectivity index is 1.79. The number of hydrogen-bond acceptors (Lipinski definition) is 5. The first kappa shape index (κ1) is 21.5. The van der Waals surface area contributed by atoms with E-state index in [0.717, 1.165) is 28.5 Å². The summed E-state index contributed by atoms with van der Waals surface area (Å²) in [6.45, 7) is 4.99. The van der Waals surface area contributed by atoms with Gasteiger partial charge in [0.25, 0.3) is 0 Å². The minimum atomic E-state index is 0.411. The first-order valence-corrected chi connectivity index (χ1v) is 10.8. The molecule has 0 bridgehead atoms. The van der Waals surface area contributed by atoms with Crippen LogP contribution in [0.1, 0.15) is 25.0 Å². The highest BCUT2D eigenvalue weighted by atomic mass is 32.2. The Morgan fingerprint density at radius 2 is 1.63 bits per heavy atom. The summed E-state index contributed by atoms with van der Waals surface area (Å²) >= 11 is 1.45. The molecule has 0 saturated heterocycles. The second-order valence-corrected chi connectivity index (χ2v) is 7.27. The average molecular weight is 423 g/mol. The van der Waals surface area contributed by atoms with E-state index in [1.54, 1.807) is 6.21 Å². The smallest absolute Gasteiger partial charge is 0.180 e. The van der Waals surface area contributed by atoms with E-state index in [-0.39, 0.29) is 0 Å². The minimum absolute atomic E-state index is 0.411. The second kappa shape index (κ2) is 11.1. The zero-order chi connectivity index (χ0) is 21.2. The number of benzene rings is 2. The first-order chi connectivity index (χ1) is 14.7. The van der Waals surface area contributed by atoms with Crippen LogP contribution in [0.4, 0.5) is 0 Å². The van der Waals surface area contributed by atoms with Crippen LogP contribution in [-0.4, -0.2) is 29.2 Å². The normalized spacial score (nSPS) is 11.7. The van der Waals surface area contributed by atoms with Crippen LogP contribution in [0.2, 0.25) is 0 Å². The molecule has 156 valence electrons. The fraction of sp³-hybridized carbons (Fsp3) is 0.217. The molecule has 0 aliphatic carbocycles. The van der Waals surface area contributed by atoms with E-state index in [2.05, 4.69) is 22.3 Å². The number of nitrogens with zero attached hydrogens (tertiary/aromatic N) is 3. The Morgan fingerprint density at radius 3 is 2.23 bits per heavy atom. The molecule has 2 aromatic carbocycles. The van der Waals surface area contributed by atoms with Crippen molar-refractivity contribution in [3.63, 3.8) is 0 Å². The van der Waals surface area contributed by atoms with Gasteiger partial charge < -0.3 is 19.8 Å². The predicted octanol–water partition coefficient (Wildman–Crippen LogP) is 4.86. The number of amidine groups is 1. The maximum atomic E-state index is 5.98. The van der Waals surface area contributed by atoms with Crippen molar-refractivity contribution in [2.24, 2.45) is 15.9 Å². The van der Waals surface area contributed by atoms with E-state index in [1.807, 2.05) is 73.3 Å². The highest BCUT2D eigenvalue weighted by Crippen LogP contribution is 2.34. The Labute approximate surface area is 181 Å². The third-order valence-electron chi connectivity index (χ3n) is 4.12. The molecule has 0 aliphatic heterocycles. The lowest BCUT2D eigenvalue weighted by atomic mass is 10.1. The van der Waals surface area contributed by atoms with E-state index in [1.165, 1.54) is 17.3 Å². The molecule has 0 aliphatic rings. The number of nitrogens with two attached hydrogens (primary N) is 1. The van der Waals surface area contributed by atoms with Gasteiger partial charge in [0.05, 0.1) is 19.4 Å². The van der Waals surface area contributed by atoms with Gasteiger partial charge in [-0.1, -0.05) is 42.1 Å². The standard InChI is InChI=1S/C23H26N4O2S/c1-3-28-20-14-19(15-21(29-4-2)22(20)27-12-8-9-13-27)16-25-26-23(24)30-17-18-10-6-5-7-11-18/h5-16H,3-4,17H2,1-2H3,(H2,24,26). The van der Waals surface area contributed by atoms with Gasteiger partial charge in [0.2, 0.25) is 0 Å². The molecule has 6 nitrogen and oxygen atoms in total. The number of hydrogen-bond donors (Lipinski definition) is 1. The molecule has 0 fully saturated rings. The zero-order valence-electron chi connectivity index (χ0n) is 17.2. The van der Waals surface area contributed by atoms with Crippen LogP contribution in [0.5, 0.6) is 11.5 Å². The minimum Gasteiger partial charge on any atom is -0.492 e. The highest BCUT2D eigenvalue weighted by molar-refractivity contribution is 8.13. The van der Waals surface area contributed by atoms with Crippen molar-refractivity contribution in [2.75, 3.05) is 13.2 Å². The molecule has 1 aromatic heterocycles. The van der Waals surface area contributed by atoms with Crippen LogP contribution in [0.15, 0.2) is 77.2 Å². The lowest BCUT2D eigenvalue weighted by Gasteiger charge is -2.17. The van der Waals surface area contributed by atoms with Gasteiger partial charge in [-0.15, -0.1) is 5.10 Å². The van der Waals surface area contributed by atoms with E-state index in [0.29, 0.717) is 18.4 Å². The maximum absolute atomic E-state index is 5.98. The SMILES string of the molecule is CCOc1cc(C=NN=C(N)SCc2ccccc2)cc(OCC)c1-n1cccc1. The van der Waals surface area contributed by atoms with Gasteiger partial charge in [0.1, 0.15) is 17.2 Å². The third kappa shape index (κ3) is 5.90. The van der Waals surface area contributed by atoms with Crippen LogP contribution in [0.25, 0.3) is 5.69 Å². The summed E-state index contributed by atoms with van der Waals surface area (Å²) in [6, 6.07) is 17.9. The fourth-order valence-electron chi connectivity index (χ4n) is 2.86. The van der Waals surface area contributed by atoms with Gasteiger partial charge in [-0.3, -0.25) is 0 Å². The van der Waals surface area contributed by atoms with Crippen LogP contribution < -0.4 is 15.2 Å². The molecule has 0 atom stereocenters. The first-order valence-electron chi connectivity index (χ1n) is 9.81. The Morgan fingerprint density at radius 1 is 1.00 bits per heavy atom. The van der Waals surface area contributed by atoms with Crippen LogP contribution in [0, 0.1) is 0 Å². The highest BCUT2D eigenvalue weighted by Gasteiger charge is 2.14. The molecule has 3 rings (SSSR count). The Bertz CT molecular complexity index is 959. The van der Waals surface area contributed by atoms with Crippen molar-refractivity contribution in [1.29, 1.82) is 0 Å². The predicted molar refractivity (Wildman–Crippen MR) is 125 cm³/mol. The van der Waals surface area contributed by atoms with Crippen molar-refractivity contribution in [3.8, 4) is 17.2 Å². The third-order valence-corrected chi connectivity index (χ3v) is 4.97. The Kier molecular flexibility index (Phi) is 7.97. The monoisotopic (exact) mass is 422 g/mol. The van der Waals surface area contributed by atoms with Crippen LogP contribution in [0.3, 0.4) is 0 Å². The summed E-state index contributed by atoms with van der Waals surface area (Å²) in [5.41, 5.74) is 8.85.